The monoisotopic (exact) mass is 378 g/mol. The number of ether oxygens (including phenoxy) is 1. The van der Waals surface area contributed by atoms with Crippen LogP contribution >= 0.6 is 22.6 Å². The molecule has 106 valence electrons. The molecule has 1 aromatic rings. The Kier molecular flexibility index (Phi) is 7.11. The number of hydrogen-bond acceptors (Lipinski definition) is 4. The molecule has 5 nitrogen and oxygen atoms in total. The molecule has 0 atom stereocenters. The van der Waals surface area contributed by atoms with Crippen molar-refractivity contribution in [2.75, 3.05) is 40.4 Å². The predicted molar refractivity (Wildman–Crippen MR) is 82.5 cm³/mol. The first-order valence-electron chi connectivity index (χ1n) is 6.00. The standard InChI is InChI=1S/C13H19IN2O3/c1-16(2)6-8-19-7-5-15-13(18)11-9-10(14)3-4-12(11)17/h3-4,9,17H,5-8H2,1-2H3,(H,15,18). The minimum absolute atomic E-state index is 0.00792. The lowest BCUT2D eigenvalue weighted by Gasteiger charge is -2.10. The summed E-state index contributed by atoms with van der Waals surface area (Å²) in [7, 11) is 3.95. The Hall–Kier alpha value is -0.860. The minimum Gasteiger partial charge on any atom is -0.507 e. The fourth-order valence-electron chi connectivity index (χ4n) is 1.37. The normalized spacial score (nSPS) is 10.7. The number of phenols is 1. The van der Waals surface area contributed by atoms with E-state index < -0.39 is 0 Å². The maximum atomic E-state index is 11.8. The molecule has 1 aromatic carbocycles. The summed E-state index contributed by atoms with van der Waals surface area (Å²) in [6.07, 6.45) is 0. The van der Waals surface area contributed by atoms with Crippen molar-refractivity contribution < 1.29 is 14.6 Å². The predicted octanol–water partition coefficient (Wildman–Crippen LogP) is 1.30. The maximum Gasteiger partial charge on any atom is 0.255 e. The van der Waals surface area contributed by atoms with E-state index in [0.717, 1.165) is 10.1 Å². The van der Waals surface area contributed by atoms with E-state index in [9.17, 15) is 9.90 Å². The van der Waals surface area contributed by atoms with E-state index in [1.165, 1.54) is 6.07 Å². The first-order valence-corrected chi connectivity index (χ1v) is 7.08. The fourth-order valence-corrected chi connectivity index (χ4v) is 1.86. The van der Waals surface area contributed by atoms with Gasteiger partial charge >= 0.3 is 0 Å². The van der Waals surface area contributed by atoms with Crippen molar-refractivity contribution in [3.05, 3.63) is 27.3 Å². The van der Waals surface area contributed by atoms with Gasteiger partial charge in [0.2, 0.25) is 0 Å². The van der Waals surface area contributed by atoms with E-state index >= 15 is 0 Å². The second kappa shape index (κ2) is 8.34. The average Bonchev–Trinajstić information content (AvgIpc) is 2.36. The lowest BCUT2D eigenvalue weighted by molar-refractivity contribution is 0.0898. The lowest BCUT2D eigenvalue weighted by Crippen LogP contribution is -2.28. The van der Waals surface area contributed by atoms with Crippen molar-refractivity contribution in [3.8, 4) is 5.75 Å². The highest BCUT2D eigenvalue weighted by Gasteiger charge is 2.10. The Morgan fingerprint density at radius 2 is 2.16 bits per heavy atom. The molecule has 0 aliphatic heterocycles. The van der Waals surface area contributed by atoms with Gasteiger partial charge in [0, 0.05) is 16.7 Å². The van der Waals surface area contributed by atoms with Gasteiger partial charge in [-0.3, -0.25) is 4.79 Å². The van der Waals surface area contributed by atoms with Crippen molar-refractivity contribution in [2.24, 2.45) is 0 Å². The molecule has 0 aliphatic rings. The van der Waals surface area contributed by atoms with E-state index in [1.54, 1.807) is 12.1 Å². The van der Waals surface area contributed by atoms with Crippen LogP contribution in [-0.4, -0.2) is 56.3 Å². The van der Waals surface area contributed by atoms with Gasteiger partial charge in [0.05, 0.1) is 18.8 Å². The van der Waals surface area contributed by atoms with Crippen LogP contribution in [0.4, 0.5) is 0 Å². The molecule has 0 radical (unpaired) electrons. The molecule has 0 unspecified atom stereocenters. The zero-order valence-corrected chi connectivity index (χ0v) is 13.3. The molecule has 0 saturated carbocycles. The Morgan fingerprint density at radius 3 is 2.84 bits per heavy atom. The molecule has 1 rings (SSSR count). The summed E-state index contributed by atoms with van der Waals surface area (Å²) in [4.78, 5) is 13.9. The van der Waals surface area contributed by atoms with Crippen molar-refractivity contribution >= 4 is 28.5 Å². The summed E-state index contributed by atoms with van der Waals surface area (Å²) >= 11 is 2.10. The fraction of sp³-hybridized carbons (Fsp3) is 0.462. The number of likely N-dealkylation sites (N-methyl/N-ethyl adjacent to an activating group) is 1. The molecule has 0 spiro atoms. The van der Waals surface area contributed by atoms with Crippen molar-refractivity contribution in [1.82, 2.24) is 10.2 Å². The lowest BCUT2D eigenvalue weighted by atomic mass is 10.2. The summed E-state index contributed by atoms with van der Waals surface area (Å²) in [5, 5.41) is 12.3. The van der Waals surface area contributed by atoms with Crippen LogP contribution in [-0.2, 0) is 4.74 Å². The van der Waals surface area contributed by atoms with Gasteiger partial charge in [-0.1, -0.05) is 0 Å². The largest absolute Gasteiger partial charge is 0.507 e. The molecule has 0 fully saturated rings. The number of hydrogen-bond donors (Lipinski definition) is 2. The molecule has 0 heterocycles. The van der Waals surface area contributed by atoms with Crippen LogP contribution in [0.2, 0.25) is 0 Å². The van der Waals surface area contributed by atoms with Gasteiger partial charge < -0.3 is 20.1 Å². The van der Waals surface area contributed by atoms with Crippen LogP contribution in [0, 0.1) is 3.57 Å². The van der Waals surface area contributed by atoms with Gasteiger partial charge in [-0.2, -0.15) is 0 Å². The van der Waals surface area contributed by atoms with Crippen molar-refractivity contribution in [1.29, 1.82) is 0 Å². The number of benzene rings is 1. The third-order valence-electron chi connectivity index (χ3n) is 2.42. The number of rotatable bonds is 7. The summed E-state index contributed by atoms with van der Waals surface area (Å²) in [5.74, 6) is -0.293. The van der Waals surface area contributed by atoms with E-state index in [4.69, 9.17) is 4.74 Å². The number of nitrogens with zero attached hydrogens (tertiary/aromatic N) is 1. The Morgan fingerprint density at radius 1 is 1.42 bits per heavy atom. The highest BCUT2D eigenvalue weighted by atomic mass is 127. The van der Waals surface area contributed by atoms with Crippen LogP contribution < -0.4 is 5.32 Å². The van der Waals surface area contributed by atoms with E-state index in [0.29, 0.717) is 25.3 Å². The molecule has 0 bridgehead atoms. The topological polar surface area (TPSA) is 61.8 Å². The van der Waals surface area contributed by atoms with Gasteiger partial charge in [-0.15, -0.1) is 0 Å². The van der Waals surface area contributed by atoms with Crippen LogP contribution in [0.15, 0.2) is 18.2 Å². The molecule has 2 N–H and O–H groups in total. The Balaban J connectivity index is 2.29. The molecular formula is C13H19IN2O3. The summed E-state index contributed by atoms with van der Waals surface area (Å²) in [6.45, 7) is 2.38. The third kappa shape index (κ3) is 6.22. The van der Waals surface area contributed by atoms with Crippen molar-refractivity contribution in [3.63, 3.8) is 0 Å². The highest BCUT2D eigenvalue weighted by molar-refractivity contribution is 14.1. The number of carbonyl (C=O) groups excluding carboxylic acids is 1. The van der Waals surface area contributed by atoms with Gasteiger partial charge in [0.25, 0.3) is 5.91 Å². The Labute approximate surface area is 127 Å². The quantitative estimate of drug-likeness (QED) is 0.555. The minimum atomic E-state index is -0.285. The number of halogens is 1. The van der Waals surface area contributed by atoms with Gasteiger partial charge in [0.15, 0.2) is 0 Å². The van der Waals surface area contributed by atoms with Gasteiger partial charge in [-0.05, 0) is 54.9 Å². The highest BCUT2D eigenvalue weighted by Crippen LogP contribution is 2.19. The van der Waals surface area contributed by atoms with Crippen LogP contribution in [0.25, 0.3) is 0 Å². The molecule has 0 saturated heterocycles. The molecule has 1 amide bonds. The zero-order valence-electron chi connectivity index (χ0n) is 11.1. The van der Waals surface area contributed by atoms with Gasteiger partial charge in [0.1, 0.15) is 5.75 Å². The summed E-state index contributed by atoms with van der Waals surface area (Å²) < 4.78 is 6.27. The summed E-state index contributed by atoms with van der Waals surface area (Å²) in [6, 6.07) is 4.92. The van der Waals surface area contributed by atoms with E-state index in [-0.39, 0.29) is 11.7 Å². The van der Waals surface area contributed by atoms with Crippen LogP contribution in [0.5, 0.6) is 5.75 Å². The Bertz CT molecular complexity index is 424. The first-order chi connectivity index (χ1) is 9.00. The molecule has 0 aromatic heterocycles. The van der Waals surface area contributed by atoms with Crippen LogP contribution in [0.1, 0.15) is 10.4 Å². The smallest absolute Gasteiger partial charge is 0.255 e. The van der Waals surface area contributed by atoms with Crippen molar-refractivity contribution in [2.45, 2.75) is 0 Å². The SMILES string of the molecule is CN(C)CCOCCNC(=O)c1cc(I)ccc1O. The van der Waals surface area contributed by atoms with Gasteiger partial charge in [-0.25, -0.2) is 0 Å². The number of nitrogens with one attached hydrogen (secondary N) is 1. The second-order valence-corrected chi connectivity index (χ2v) is 5.58. The average molecular weight is 378 g/mol. The number of phenolic OH excluding ortho intramolecular Hbond substituents is 1. The maximum absolute atomic E-state index is 11.8. The van der Waals surface area contributed by atoms with E-state index in [2.05, 4.69) is 27.9 Å². The molecule has 6 heteroatoms. The second-order valence-electron chi connectivity index (χ2n) is 4.33. The van der Waals surface area contributed by atoms with E-state index in [1.807, 2.05) is 19.0 Å². The molecule has 0 aliphatic carbocycles. The summed E-state index contributed by atoms with van der Waals surface area (Å²) in [5.41, 5.74) is 0.292. The number of amides is 1. The van der Waals surface area contributed by atoms with Crippen LogP contribution in [0.3, 0.4) is 0 Å². The third-order valence-corrected chi connectivity index (χ3v) is 3.09. The molecule has 19 heavy (non-hydrogen) atoms. The zero-order chi connectivity index (χ0) is 14.3. The number of carbonyl (C=O) groups is 1. The first kappa shape index (κ1) is 16.2. The molecular weight excluding hydrogens is 359 g/mol. The number of aromatic hydroxyl groups is 1.